The van der Waals surface area contributed by atoms with Gasteiger partial charge in [0.05, 0.1) is 25.9 Å². The third-order valence-electron chi connectivity index (χ3n) is 5.94. The Morgan fingerprint density at radius 1 is 0.586 bits per heavy atom. The molecule has 136 valence electrons. The lowest BCUT2D eigenvalue weighted by molar-refractivity contribution is 1.19. The normalized spacial score (nSPS) is 12.1. The van der Waals surface area contributed by atoms with Crippen LogP contribution < -0.4 is 0 Å². The van der Waals surface area contributed by atoms with E-state index in [1.54, 1.807) is 0 Å². The lowest BCUT2D eigenvalue weighted by atomic mass is 10.1. The molecular weight excluding hydrogens is 372 g/mol. The SMILES string of the molecule is c1ccc(-n2c3ccccc3c3sc4c(ccc5c6ccccc6[nH]c54)c32)cc1. The number of thiophene rings is 1. The lowest BCUT2D eigenvalue weighted by Gasteiger charge is -2.07. The fourth-order valence-electron chi connectivity index (χ4n) is 4.69. The molecule has 0 radical (unpaired) electrons. The third-order valence-corrected chi connectivity index (χ3v) is 7.18. The summed E-state index contributed by atoms with van der Waals surface area (Å²) in [5, 5.41) is 5.21. The molecule has 7 rings (SSSR count). The Balaban J connectivity index is 1.73. The molecule has 29 heavy (non-hydrogen) atoms. The molecule has 2 nitrogen and oxygen atoms in total. The van der Waals surface area contributed by atoms with Crippen molar-refractivity contribution in [1.82, 2.24) is 9.55 Å². The second-order valence-corrected chi connectivity index (χ2v) is 8.52. The fraction of sp³-hybridized carbons (Fsp3) is 0. The maximum atomic E-state index is 3.68. The van der Waals surface area contributed by atoms with E-state index >= 15 is 0 Å². The smallest absolute Gasteiger partial charge is 0.0728 e. The molecule has 0 saturated heterocycles. The van der Waals surface area contributed by atoms with Gasteiger partial charge in [0.2, 0.25) is 0 Å². The molecule has 3 heteroatoms. The molecule has 0 unspecified atom stereocenters. The van der Waals surface area contributed by atoms with Gasteiger partial charge in [-0.05, 0) is 24.3 Å². The van der Waals surface area contributed by atoms with Crippen LogP contribution in [0.2, 0.25) is 0 Å². The maximum Gasteiger partial charge on any atom is 0.0728 e. The van der Waals surface area contributed by atoms with Crippen LogP contribution in [-0.4, -0.2) is 9.55 Å². The molecule has 0 aliphatic rings. The van der Waals surface area contributed by atoms with Gasteiger partial charge in [-0.1, -0.05) is 66.7 Å². The van der Waals surface area contributed by atoms with Crippen molar-refractivity contribution in [1.29, 1.82) is 0 Å². The van der Waals surface area contributed by atoms with Crippen molar-refractivity contribution < 1.29 is 0 Å². The van der Waals surface area contributed by atoms with E-state index in [9.17, 15) is 0 Å². The predicted octanol–water partition coefficient (Wildman–Crippen LogP) is 7.63. The van der Waals surface area contributed by atoms with Gasteiger partial charge in [0, 0.05) is 32.7 Å². The van der Waals surface area contributed by atoms with Gasteiger partial charge in [-0.3, -0.25) is 0 Å². The summed E-state index contributed by atoms with van der Waals surface area (Å²) in [6.45, 7) is 0. The molecule has 4 aromatic carbocycles. The van der Waals surface area contributed by atoms with Crippen LogP contribution in [-0.2, 0) is 0 Å². The Morgan fingerprint density at radius 2 is 1.31 bits per heavy atom. The Morgan fingerprint density at radius 3 is 2.21 bits per heavy atom. The molecule has 0 aliphatic heterocycles. The van der Waals surface area contributed by atoms with Gasteiger partial charge in [0.15, 0.2) is 0 Å². The average Bonchev–Trinajstić information content (AvgIpc) is 3.43. The summed E-state index contributed by atoms with van der Waals surface area (Å²) < 4.78 is 5.10. The van der Waals surface area contributed by atoms with Gasteiger partial charge in [-0.2, -0.15) is 0 Å². The summed E-state index contributed by atoms with van der Waals surface area (Å²) >= 11 is 1.90. The number of para-hydroxylation sites is 3. The molecule has 0 amide bonds. The zero-order chi connectivity index (χ0) is 18.9. The molecule has 0 spiro atoms. The quantitative estimate of drug-likeness (QED) is 0.298. The summed E-state index contributed by atoms with van der Waals surface area (Å²) in [5.74, 6) is 0. The topological polar surface area (TPSA) is 20.7 Å². The number of hydrogen-bond donors (Lipinski definition) is 1. The molecule has 0 bridgehead atoms. The molecule has 1 N–H and O–H groups in total. The highest BCUT2D eigenvalue weighted by atomic mass is 32.1. The van der Waals surface area contributed by atoms with Gasteiger partial charge in [-0.25, -0.2) is 0 Å². The number of aromatic amines is 1. The first-order valence-corrected chi connectivity index (χ1v) is 10.6. The minimum Gasteiger partial charge on any atom is -0.353 e. The summed E-state index contributed by atoms with van der Waals surface area (Å²) in [5.41, 5.74) is 6.21. The number of benzene rings is 4. The predicted molar refractivity (Wildman–Crippen MR) is 126 cm³/mol. The van der Waals surface area contributed by atoms with Crippen molar-refractivity contribution in [3.8, 4) is 5.69 Å². The van der Waals surface area contributed by atoms with Crippen LogP contribution in [0.4, 0.5) is 0 Å². The van der Waals surface area contributed by atoms with Gasteiger partial charge in [-0.15, -0.1) is 11.3 Å². The van der Waals surface area contributed by atoms with E-state index in [0.29, 0.717) is 0 Å². The van der Waals surface area contributed by atoms with Crippen molar-refractivity contribution in [2.24, 2.45) is 0 Å². The number of nitrogens with zero attached hydrogens (tertiary/aromatic N) is 1. The molecule has 0 atom stereocenters. The van der Waals surface area contributed by atoms with Gasteiger partial charge in [0.25, 0.3) is 0 Å². The minimum absolute atomic E-state index is 1.20. The highest BCUT2D eigenvalue weighted by molar-refractivity contribution is 7.27. The molecule has 3 aromatic heterocycles. The Labute approximate surface area is 170 Å². The van der Waals surface area contributed by atoms with Crippen LogP contribution in [0.25, 0.3) is 58.7 Å². The van der Waals surface area contributed by atoms with E-state index in [1.807, 2.05) is 11.3 Å². The van der Waals surface area contributed by atoms with E-state index in [1.165, 1.54) is 58.7 Å². The van der Waals surface area contributed by atoms with Crippen LogP contribution in [0.1, 0.15) is 0 Å². The van der Waals surface area contributed by atoms with Crippen molar-refractivity contribution in [2.75, 3.05) is 0 Å². The molecule has 3 heterocycles. The molecule has 0 saturated carbocycles. The second kappa shape index (κ2) is 5.49. The standard InChI is InChI=1S/C26H16N2S/c1-2-8-16(9-3-1)28-22-13-7-5-11-19(22)26-24(28)20-15-14-18-17-10-4-6-12-21(17)27-23(18)25(20)29-26/h1-15,27H. The van der Waals surface area contributed by atoms with Gasteiger partial charge < -0.3 is 9.55 Å². The fourth-order valence-corrected chi connectivity index (χ4v) is 6.01. The highest BCUT2D eigenvalue weighted by Gasteiger charge is 2.19. The Bertz CT molecular complexity index is 1700. The largest absolute Gasteiger partial charge is 0.353 e. The zero-order valence-electron chi connectivity index (χ0n) is 15.5. The summed E-state index contributed by atoms with van der Waals surface area (Å²) in [6.07, 6.45) is 0. The van der Waals surface area contributed by atoms with Crippen LogP contribution in [0.5, 0.6) is 0 Å². The van der Waals surface area contributed by atoms with Gasteiger partial charge in [0.1, 0.15) is 0 Å². The van der Waals surface area contributed by atoms with E-state index < -0.39 is 0 Å². The van der Waals surface area contributed by atoms with Crippen molar-refractivity contribution >= 4 is 64.3 Å². The van der Waals surface area contributed by atoms with Crippen molar-refractivity contribution in [3.63, 3.8) is 0 Å². The first kappa shape index (κ1) is 15.4. The molecule has 7 aromatic rings. The number of H-pyrrole nitrogens is 1. The Kier molecular flexibility index (Phi) is 2.91. The van der Waals surface area contributed by atoms with Crippen LogP contribution in [0, 0.1) is 0 Å². The summed E-state index contributed by atoms with van der Waals surface area (Å²) in [7, 11) is 0. The van der Waals surface area contributed by atoms with E-state index in [0.717, 1.165) is 0 Å². The zero-order valence-corrected chi connectivity index (χ0v) is 16.3. The molecule has 0 fully saturated rings. The van der Waals surface area contributed by atoms with Crippen molar-refractivity contribution in [3.05, 3.63) is 91.0 Å². The van der Waals surface area contributed by atoms with E-state index in [-0.39, 0.29) is 0 Å². The summed E-state index contributed by atoms with van der Waals surface area (Å²) in [4.78, 5) is 3.68. The highest BCUT2D eigenvalue weighted by Crippen LogP contribution is 2.45. The third kappa shape index (κ3) is 1.95. The first-order valence-electron chi connectivity index (χ1n) is 9.81. The number of hydrogen-bond acceptors (Lipinski definition) is 1. The number of rotatable bonds is 1. The Hall–Kier alpha value is -3.56. The van der Waals surface area contributed by atoms with E-state index in [2.05, 4.69) is 101 Å². The summed E-state index contributed by atoms with van der Waals surface area (Å²) in [6, 6.07) is 32.6. The molecular formula is C26H16N2S. The van der Waals surface area contributed by atoms with Crippen LogP contribution in [0.15, 0.2) is 91.0 Å². The van der Waals surface area contributed by atoms with Crippen LogP contribution in [0.3, 0.4) is 0 Å². The molecule has 0 aliphatic carbocycles. The second-order valence-electron chi connectivity index (χ2n) is 7.50. The van der Waals surface area contributed by atoms with Crippen molar-refractivity contribution in [2.45, 2.75) is 0 Å². The number of fused-ring (bicyclic) bond motifs is 9. The number of aromatic nitrogens is 2. The van der Waals surface area contributed by atoms with E-state index in [4.69, 9.17) is 0 Å². The van der Waals surface area contributed by atoms with Gasteiger partial charge >= 0.3 is 0 Å². The minimum atomic E-state index is 1.20. The van der Waals surface area contributed by atoms with Crippen LogP contribution >= 0.6 is 11.3 Å². The first-order chi connectivity index (χ1) is 14.4. The maximum absolute atomic E-state index is 3.68. The lowest BCUT2D eigenvalue weighted by Crippen LogP contribution is -1.92. The monoisotopic (exact) mass is 388 g/mol. The number of nitrogens with one attached hydrogen (secondary N) is 1. The average molecular weight is 388 g/mol.